The maximum atomic E-state index is 13.6. The first kappa shape index (κ1) is 23.5. The van der Waals surface area contributed by atoms with Gasteiger partial charge in [-0.3, -0.25) is 4.31 Å². The van der Waals surface area contributed by atoms with Crippen LogP contribution in [0.1, 0.15) is 61.6 Å². The van der Waals surface area contributed by atoms with E-state index < -0.39 is 26.0 Å². The second kappa shape index (κ2) is 8.39. The van der Waals surface area contributed by atoms with Gasteiger partial charge in [0, 0.05) is 17.7 Å². The molecule has 0 N–H and O–H groups in total. The molecule has 1 aliphatic heterocycles. The average Bonchev–Trinajstić information content (AvgIpc) is 2.71. The molecule has 1 aliphatic rings. The first-order valence-electron chi connectivity index (χ1n) is 10.0. The number of pyridine rings is 1. The van der Waals surface area contributed by atoms with Gasteiger partial charge in [0.25, 0.3) is 10.0 Å². The predicted octanol–water partition coefficient (Wildman–Crippen LogP) is 4.86. The van der Waals surface area contributed by atoms with E-state index in [4.69, 9.17) is 16.3 Å². The third-order valence-electron chi connectivity index (χ3n) is 5.30. The van der Waals surface area contributed by atoms with Crippen LogP contribution in [0.5, 0.6) is 0 Å². The smallest absolute Gasteiger partial charge is 0.340 e. The number of rotatable bonds is 5. The van der Waals surface area contributed by atoms with E-state index >= 15 is 0 Å². The summed E-state index contributed by atoms with van der Waals surface area (Å²) < 4.78 is 44.8. The molecule has 1 aromatic heterocycles. The number of anilines is 1. The van der Waals surface area contributed by atoms with Gasteiger partial charge in [-0.1, -0.05) is 26.0 Å². The Labute approximate surface area is 187 Å². The first-order valence-corrected chi connectivity index (χ1v) is 11.8. The van der Waals surface area contributed by atoms with Crippen LogP contribution >= 0.6 is 11.6 Å². The lowest BCUT2D eigenvalue weighted by Crippen LogP contribution is -2.45. The van der Waals surface area contributed by atoms with Gasteiger partial charge in [-0.2, -0.15) is 0 Å². The number of alkyl halides is 1. The van der Waals surface area contributed by atoms with Gasteiger partial charge >= 0.3 is 5.97 Å². The third-order valence-corrected chi connectivity index (χ3v) is 8.05. The Balaban J connectivity index is 2.43. The molecule has 2 aromatic rings. The van der Waals surface area contributed by atoms with Crippen molar-refractivity contribution in [3.05, 3.63) is 46.9 Å². The van der Waals surface area contributed by atoms with E-state index in [1.807, 2.05) is 13.8 Å². The molecule has 0 amide bonds. The zero-order chi connectivity index (χ0) is 23.1. The maximum absolute atomic E-state index is 13.6. The Morgan fingerprint density at radius 1 is 1.26 bits per heavy atom. The van der Waals surface area contributed by atoms with Gasteiger partial charge in [0.05, 0.1) is 18.4 Å². The fourth-order valence-electron chi connectivity index (χ4n) is 3.73. The fourth-order valence-corrected chi connectivity index (χ4v) is 5.26. The van der Waals surface area contributed by atoms with Crippen molar-refractivity contribution in [1.82, 2.24) is 4.98 Å². The molecule has 168 valence electrons. The molecule has 0 radical (unpaired) electrons. The Morgan fingerprint density at radius 2 is 1.87 bits per heavy atom. The van der Waals surface area contributed by atoms with E-state index in [1.165, 1.54) is 37.4 Å². The molecule has 0 unspecified atom stereocenters. The number of halogens is 2. The molecular weight excluding hydrogens is 443 g/mol. The van der Waals surface area contributed by atoms with Gasteiger partial charge in [0.15, 0.2) is 4.21 Å². The number of aromatic nitrogens is 1. The van der Waals surface area contributed by atoms with Crippen molar-refractivity contribution in [2.75, 3.05) is 18.0 Å². The Morgan fingerprint density at radius 3 is 2.39 bits per heavy atom. The number of nitrogens with zero attached hydrogens (tertiary/aromatic N) is 2. The quantitative estimate of drug-likeness (QED) is 0.463. The molecule has 0 aliphatic carbocycles. The minimum Gasteiger partial charge on any atom is -0.465 e. The van der Waals surface area contributed by atoms with Gasteiger partial charge in [-0.15, -0.1) is 11.6 Å². The van der Waals surface area contributed by atoms with Gasteiger partial charge in [0.2, 0.25) is 0 Å². The van der Waals surface area contributed by atoms with Crippen molar-refractivity contribution in [1.29, 1.82) is 0 Å². The average molecular weight is 469 g/mol. The molecule has 6 nitrogen and oxygen atoms in total. The van der Waals surface area contributed by atoms with E-state index in [2.05, 4.69) is 4.98 Å². The van der Waals surface area contributed by atoms with E-state index in [0.29, 0.717) is 35.2 Å². The van der Waals surface area contributed by atoms with Gasteiger partial charge < -0.3 is 4.74 Å². The topological polar surface area (TPSA) is 76.6 Å². The van der Waals surface area contributed by atoms with Crippen LogP contribution in [0.25, 0.3) is 11.1 Å². The highest BCUT2D eigenvalue weighted by Crippen LogP contribution is 2.42. The number of benzene rings is 1. The van der Waals surface area contributed by atoms with Crippen molar-refractivity contribution < 1.29 is 22.3 Å². The zero-order valence-electron chi connectivity index (χ0n) is 18.2. The third kappa shape index (κ3) is 4.15. The summed E-state index contributed by atoms with van der Waals surface area (Å²) in [5, 5.41) is 0. The minimum absolute atomic E-state index is 0.200. The predicted molar refractivity (Wildman–Crippen MR) is 120 cm³/mol. The van der Waals surface area contributed by atoms with Crippen molar-refractivity contribution in [2.24, 2.45) is 0 Å². The summed E-state index contributed by atoms with van der Waals surface area (Å²) >= 11 is 6.23. The SMILES string of the molecule is COC(=O)c1c(C(C)C)nc2c(c1-c1ccc(F)cc1)CCCN2S(=O)(=O)C(C)(C)Cl. The second-order valence-corrected chi connectivity index (χ2v) is 11.8. The molecule has 0 fully saturated rings. The van der Waals surface area contributed by atoms with Gasteiger partial charge in [-0.25, -0.2) is 22.6 Å². The zero-order valence-corrected chi connectivity index (χ0v) is 19.8. The summed E-state index contributed by atoms with van der Waals surface area (Å²) in [6, 6.07) is 5.75. The highest BCUT2D eigenvalue weighted by atomic mass is 35.5. The summed E-state index contributed by atoms with van der Waals surface area (Å²) in [5.41, 5.74) is 2.40. The molecule has 0 spiro atoms. The largest absolute Gasteiger partial charge is 0.465 e. The van der Waals surface area contributed by atoms with Crippen molar-refractivity contribution >= 4 is 33.4 Å². The number of esters is 1. The summed E-state index contributed by atoms with van der Waals surface area (Å²) in [5.74, 6) is -0.927. The Kier molecular flexibility index (Phi) is 6.35. The molecule has 31 heavy (non-hydrogen) atoms. The highest BCUT2D eigenvalue weighted by Gasteiger charge is 2.42. The summed E-state index contributed by atoms with van der Waals surface area (Å²) in [6.07, 6.45) is 1.03. The number of sulfonamides is 1. The van der Waals surface area contributed by atoms with E-state index in [0.717, 1.165) is 0 Å². The standard InChI is InChI=1S/C22H26ClFN2O4S/c1-13(2)19-18(21(27)30-5)17(14-8-10-15(24)11-9-14)16-7-6-12-26(20(16)25-19)31(28,29)22(3,4)23/h8-11,13H,6-7,12H2,1-5H3. The number of carbonyl (C=O) groups excluding carboxylic acids is 1. The molecule has 2 heterocycles. The van der Waals surface area contributed by atoms with Crippen LogP contribution in [0, 0.1) is 5.82 Å². The number of fused-ring (bicyclic) bond motifs is 1. The molecule has 0 bridgehead atoms. The molecule has 9 heteroatoms. The van der Waals surface area contributed by atoms with Crippen LogP contribution in [0.2, 0.25) is 0 Å². The molecule has 0 saturated heterocycles. The highest BCUT2D eigenvalue weighted by molar-refractivity contribution is 7.95. The summed E-state index contributed by atoms with van der Waals surface area (Å²) in [4.78, 5) is 17.5. The van der Waals surface area contributed by atoms with Crippen molar-refractivity contribution in [2.45, 2.75) is 50.7 Å². The lowest BCUT2D eigenvalue weighted by Gasteiger charge is -2.35. The minimum atomic E-state index is -3.94. The van der Waals surface area contributed by atoms with Crippen molar-refractivity contribution in [3.8, 4) is 11.1 Å². The van der Waals surface area contributed by atoms with E-state index in [1.54, 1.807) is 12.1 Å². The number of methoxy groups -OCH3 is 1. The second-order valence-electron chi connectivity index (χ2n) is 8.25. The van der Waals surface area contributed by atoms with E-state index in [-0.39, 0.29) is 23.8 Å². The normalized spacial score (nSPS) is 14.5. The fraction of sp³-hybridized carbons (Fsp3) is 0.455. The van der Waals surface area contributed by atoms with Crippen LogP contribution in [0.3, 0.4) is 0 Å². The monoisotopic (exact) mass is 468 g/mol. The number of hydrogen-bond donors (Lipinski definition) is 0. The van der Waals surface area contributed by atoms with Gasteiger partial charge in [-0.05, 0) is 50.3 Å². The lowest BCUT2D eigenvalue weighted by molar-refractivity contribution is 0.0599. The summed E-state index contributed by atoms with van der Waals surface area (Å²) in [6.45, 7) is 6.80. The van der Waals surface area contributed by atoms with Crippen LogP contribution in [-0.4, -0.2) is 37.2 Å². The Hall–Kier alpha value is -2.19. The Bertz CT molecular complexity index is 1110. The molecular formula is C22H26ClFN2O4S. The number of hydrogen-bond acceptors (Lipinski definition) is 5. The first-order chi connectivity index (χ1) is 14.4. The van der Waals surface area contributed by atoms with Crippen LogP contribution in [-0.2, 0) is 21.2 Å². The van der Waals surface area contributed by atoms with Gasteiger partial charge in [0.1, 0.15) is 11.6 Å². The lowest BCUT2D eigenvalue weighted by atomic mass is 9.88. The van der Waals surface area contributed by atoms with Crippen LogP contribution < -0.4 is 4.31 Å². The molecule has 0 atom stereocenters. The number of ether oxygens (including phenoxy) is 1. The van der Waals surface area contributed by atoms with Crippen molar-refractivity contribution in [3.63, 3.8) is 0 Å². The molecule has 0 saturated carbocycles. The van der Waals surface area contributed by atoms with Crippen LogP contribution in [0.15, 0.2) is 24.3 Å². The summed E-state index contributed by atoms with van der Waals surface area (Å²) in [7, 11) is -2.65. The van der Waals surface area contributed by atoms with Crippen LogP contribution in [0.4, 0.5) is 10.2 Å². The van der Waals surface area contributed by atoms with E-state index in [9.17, 15) is 17.6 Å². The molecule has 1 aromatic carbocycles. The number of carbonyl (C=O) groups is 1. The maximum Gasteiger partial charge on any atom is 0.340 e. The molecule has 3 rings (SSSR count).